The maximum Gasteiger partial charge on any atom is 0.168 e. The van der Waals surface area contributed by atoms with Crippen molar-refractivity contribution in [1.29, 1.82) is 0 Å². The predicted molar refractivity (Wildman–Crippen MR) is 80.2 cm³/mol. The highest BCUT2D eigenvalue weighted by Crippen LogP contribution is 2.25. The summed E-state index contributed by atoms with van der Waals surface area (Å²) in [6.45, 7) is 0. The van der Waals surface area contributed by atoms with Gasteiger partial charge in [0.2, 0.25) is 0 Å². The van der Waals surface area contributed by atoms with Crippen LogP contribution in [0.3, 0.4) is 0 Å². The lowest BCUT2D eigenvalue weighted by molar-refractivity contribution is 0.0992. The summed E-state index contributed by atoms with van der Waals surface area (Å²) in [5.74, 6) is 0.657. The molecule has 2 nitrogen and oxygen atoms in total. The Morgan fingerprint density at radius 2 is 2.00 bits per heavy atom. The SMILES string of the molecule is COc1ccc(Br)c(C(=O)Cc2ccccc2Cl)c1. The van der Waals surface area contributed by atoms with Crippen LogP contribution in [0, 0.1) is 0 Å². The number of rotatable bonds is 4. The summed E-state index contributed by atoms with van der Waals surface area (Å²) in [5, 5.41) is 0.606. The van der Waals surface area contributed by atoms with Gasteiger partial charge in [0.05, 0.1) is 7.11 Å². The highest BCUT2D eigenvalue weighted by atomic mass is 79.9. The summed E-state index contributed by atoms with van der Waals surface area (Å²) in [5.41, 5.74) is 1.42. The second kappa shape index (κ2) is 6.22. The molecule has 0 amide bonds. The van der Waals surface area contributed by atoms with Crippen molar-refractivity contribution >= 4 is 33.3 Å². The van der Waals surface area contributed by atoms with Crippen LogP contribution in [0.2, 0.25) is 5.02 Å². The topological polar surface area (TPSA) is 26.3 Å². The summed E-state index contributed by atoms with van der Waals surface area (Å²) in [6.07, 6.45) is 0.269. The van der Waals surface area contributed by atoms with Crippen LogP contribution in [0.5, 0.6) is 5.75 Å². The maximum absolute atomic E-state index is 12.3. The van der Waals surface area contributed by atoms with Crippen molar-refractivity contribution in [2.45, 2.75) is 6.42 Å². The van der Waals surface area contributed by atoms with Crippen molar-refractivity contribution in [3.63, 3.8) is 0 Å². The first-order valence-electron chi connectivity index (χ1n) is 5.72. The molecule has 0 fully saturated rings. The minimum Gasteiger partial charge on any atom is -0.497 e. The van der Waals surface area contributed by atoms with Gasteiger partial charge in [-0.25, -0.2) is 0 Å². The third-order valence-corrected chi connectivity index (χ3v) is 3.84. The van der Waals surface area contributed by atoms with Crippen LogP contribution in [-0.4, -0.2) is 12.9 Å². The molecule has 0 aromatic heterocycles. The van der Waals surface area contributed by atoms with E-state index in [1.54, 1.807) is 31.4 Å². The normalized spacial score (nSPS) is 10.3. The smallest absolute Gasteiger partial charge is 0.168 e. The summed E-state index contributed by atoms with van der Waals surface area (Å²) < 4.78 is 5.89. The monoisotopic (exact) mass is 338 g/mol. The Morgan fingerprint density at radius 1 is 1.26 bits per heavy atom. The molecule has 0 saturated heterocycles. The van der Waals surface area contributed by atoms with E-state index in [0.717, 1.165) is 10.0 Å². The molecule has 0 bridgehead atoms. The molecule has 0 radical (unpaired) electrons. The van der Waals surface area contributed by atoms with Crippen molar-refractivity contribution < 1.29 is 9.53 Å². The van der Waals surface area contributed by atoms with Crippen LogP contribution in [0.1, 0.15) is 15.9 Å². The van der Waals surface area contributed by atoms with E-state index in [-0.39, 0.29) is 12.2 Å². The number of halogens is 2. The van der Waals surface area contributed by atoms with Crippen LogP contribution in [0.25, 0.3) is 0 Å². The molecule has 0 aliphatic carbocycles. The molecule has 2 aromatic rings. The lowest BCUT2D eigenvalue weighted by Gasteiger charge is -2.07. The quantitative estimate of drug-likeness (QED) is 0.765. The Balaban J connectivity index is 2.28. The fourth-order valence-corrected chi connectivity index (χ4v) is 2.43. The molecule has 4 heteroatoms. The molecule has 0 spiro atoms. The van der Waals surface area contributed by atoms with E-state index in [4.69, 9.17) is 16.3 Å². The van der Waals surface area contributed by atoms with Gasteiger partial charge in [0.25, 0.3) is 0 Å². The Kier molecular flexibility index (Phi) is 4.61. The van der Waals surface area contributed by atoms with Crippen LogP contribution in [-0.2, 0) is 6.42 Å². The number of ketones is 1. The number of hydrogen-bond acceptors (Lipinski definition) is 2. The minimum atomic E-state index is -0.00104. The van der Waals surface area contributed by atoms with Crippen LogP contribution >= 0.6 is 27.5 Å². The summed E-state index contributed by atoms with van der Waals surface area (Å²) in [4.78, 5) is 12.3. The number of benzene rings is 2. The van der Waals surface area contributed by atoms with E-state index in [1.807, 2.05) is 18.2 Å². The van der Waals surface area contributed by atoms with Gasteiger partial charge >= 0.3 is 0 Å². The van der Waals surface area contributed by atoms with Gasteiger partial charge in [0, 0.05) is 21.5 Å². The van der Waals surface area contributed by atoms with Crippen LogP contribution in [0.15, 0.2) is 46.9 Å². The number of carbonyl (C=O) groups excluding carboxylic acids is 1. The molecule has 0 atom stereocenters. The van der Waals surface area contributed by atoms with Crippen molar-refractivity contribution in [1.82, 2.24) is 0 Å². The Bertz CT molecular complexity index is 611. The average molecular weight is 340 g/mol. The van der Waals surface area contributed by atoms with E-state index < -0.39 is 0 Å². The fraction of sp³-hybridized carbons (Fsp3) is 0.133. The molecule has 0 heterocycles. The number of ether oxygens (including phenoxy) is 1. The van der Waals surface area contributed by atoms with Gasteiger partial charge in [-0.1, -0.05) is 45.7 Å². The first-order chi connectivity index (χ1) is 9.11. The fourth-order valence-electron chi connectivity index (χ4n) is 1.76. The molecule has 0 unspecified atom stereocenters. The zero-order valence-corrected chi connectivity index (χ0v) is 12.7. The third-order valence-electron chi connectivity index (χ3n) is 2.78. The highest BCUT2D eigenvalue weighted by Gasteiger charge is 2.13. The van der Waals surface area contributed by atoms with Gasteiger partial charge in [-0.05, 0) is 29.8 Å². The standard InChI is InChI=1S/C15H12BrClO2/c1-19-11-6-7-13(16)12(9-11)15(18)8-10-4-2-3-5-14(10)17/h2-7,9H,8H2,1H3. The first kappa shape index (κ1) is 14.1. The van der Waals surface area contributed by atoms with Gasteiger partial charge in [0.1, 0.15) is 5.75 Å². The van der Waals surface area contributed by atoms with E-state index in [1.165, 1.54) is 0 Å². The molecule has 0 aliphatic heterocycles. The van der Waals surface area contributed by atoms with E-state index >= 15 is 0 Å². The number of hydrogen-bond donors (Lipinski definition) is 0. The molecule has 0 aliphatic rings. The van der Waals surface area contributed by atoms with E-state index in [0.29, 0.717) is 16.3 Å². The lowest BCUT2D eigenvalue weighted by atomic mass is 10.0. The predicted octanol–water partition coefficient (Wildman–Crippen LogP) is 4.54. The summed E-state index contributed by atoms with van der Waals surface area (Å²) in [6, 6.07) is 12.7. The van der Waals surface area contributed by atoms with Gasteiger partial charge < -0.3 is 4.74 Å². The molecule has 2 aromatic carbocycles. The summed E-state index contributed by atoms with van der Waals surface area (Å²) in [7, 11) is 1.57. The Morgan fingerprint density at radius 3 is 2.68 bits per heavy atom. The number of methoxy groups -OCH3 is 1. The summed E-state index contributed by atoms with van der Waals surface area (Å²) >= 11 is 9.45. The molecule has 0 N–H and O–H groups in total. The zero-order valence-electron chi connectivity index (χ0n) is 10.3. The van der Waals surface area contributed by atoms with E-state index in [9.17, 15) is 4.79 Å². The van der Waals surface area contributed by atoms with Gasteiger partial charge in [-0.15, -0.1) is 0 Å². The zero-order chi connectivity index (χ0) is 13.8. The highest BCUT2D eigenvalue weighted by molar-refractivity contribution is 9.10. The molecule has 0 saturated carbocycles. The second-order valence-electron chi connectivity index (χ2n) is 4.04. The molecule has 98 valence electrons. The molecular weight excluding hydrogens is 328 g/mol. The lowest BCUT2D eigenvalue weighted by Crippen LogP contribution is -2.05. The minimum absolute atomic E-state index is 0.00104. The van der Waals surface area contributed by atoms with Crippen molar-refractivity contribution in [2.75, 3.05) is 7.11 Å². The number of carbonyl (C=O) groups is 1. The average Bonchev–Trinajstić information content (AvgIpc) is 2.42. The first-order valence-corrected chi connectivity index (χ1v) is 6.89. The molecular formula is C15H12BrClO2. The van der Waals surface area contributed by atoms with Gasteiger partial charge in [0.15, 0.2) is 5.78 Å². The largest absolute Gasteiger partial charge is 0.497 e. The van der Waals surface area contributed by atoms with Crippen LogP contribution < -0.4 is 4.74 Å². The van der Waals surface area contributed by atoms with E-state index in [2.05, 4.69) is 15.9 Å². The van der Waals surface area contributed by atoms with Crippen molar-refractivity contribution in [3.8, 4) is 5.75 Å². The van der Waals surface area contributed by atoms with Crippen molar-refractivity contribution in [3.05, 3.63) is 63.1 Å². The number of Topliss-reactive ketones (excluding diaryl/α,β-unsaturated/α-hetero) is 1. The third kappa shape index (κ3) is 3.37. The van der Waals surface area contributed by atoms with Gasteiger partial charge in [-0.3, -0.25) is 4.79 Å². The molecule has 19 heavy (non-hydrogen) atoms. The maximum atomic E-state index is 12.3. The molecule has 2 rings (SSSR count). The Labute approximate surface area is 125 Å². The van der Waals surface area contributed by atoms with Gasteiger partial charge in [-0.2, -0.15) is 0 Å². The van der Waals surface area contributed by atoms with Crippen molar-refractivity contribution in [2.24, 2.45) is 0 Å². The Hall–Kier alpha value is -1.32. The van der Waals surface area contributed by atoms with Crippen LogP contribution in [0.4, 0.5) is 0 Å². The second-order valence-corrected chi connectivity index (χ2v) is 5.30.